The maximum Gasteiger partial charge on any atom is 0.251 e. The van der Waals surface area contributed by atoms with Gasteiger partial charge in [-0.15, -0.1) is 12.4 Å². The molecule has 1 fully saturated rings. The number of hydrogen-bond donors (Lipinski definition) is 2. The standard InChI is InChI=1S/C15H22N2O3.ClH/c1-19-8-9-20-14-6-2-4-12(10-14)15(18)17-13-5-3-7-16-11-13;/h2,4,6,10,13,16H,3,5,7-9,11H2,1H3,(H,17,18);1H/t13-;/m0./s1. The highest BCUT2D eigenvalue weighted by molar-refractivity contribution is 5.94. The summed E-state index contributed by atoms with van der Waals surface area (Å²) < 4.78 is 10.4. The van der Waals surface area contributed by atoms with E-state index in [1.54, 1.807) is 19.2 Å². The van der Waals surface area contributed by atoms with E-state index in [1.807, 2.05) is 12.1 Å². The first kappa shape index (κ1) is 17.8. The van der Waals surface area contributed by atoms with Gasteiger partial charge in [0.15, 0.2) is 0 Å². The van der Waals surface area contributed by atoms with E-state index in [2.05, 4.69) is 10.6 Å². The van der Waals surface area contributed by atoms with E-state index >= 15 is 0 Å². The van der Waals surface area contributed by atoms with Crippen LogP contribution in [0.5, 0.6) is 5.75 Å². The van der Waals surface area contributed by atoms with Gasteiger partial charge in [0.2, 0.25) is 0 Å². The Bertz CT molecular complexity index is 437. The van der Waals surface area contributed by atoms with Crippen molar-refractivity contribution in [1.29, 1.82) is 0 Å². The molecule has 1 aliphatic rings. The zero-order valence-corrected chi connectivity index (χ0v) is 13.1. The van der Waals surface area contributed by atoms with Crippen molar-refractivity contribution in [2.24, 2.45) is 0 Å². The number of ether oxygens (including phenoxy) is 2. The molecular formula is C15H23ClN2O3. The molecule has 0 radical (unpaired) electrons. The minimum absolute atomic E-state index is 0. The summed E-state index contributed by atoms with van der Waals surface area (Å²) in [5, 5.41) is 6.33. The number of benzene rings is 1. The fourth-order valence-electron chi connectivity index (χ4n) is 2.21. The summed E-state index contributed by atoms with van der Waals surface area (Å²) in [6.45, 7) is 2.89. The van der Waals surface area contributed by atoms with E-state index in [0.29, 0.717) is 24.5 Å². The minimum Gasteiger partial charge on any atom is -0.491 e. The lowest BCUT2D eigenvalue weighted by Gasteiger charge is -2.23. The van der Waals surface area contributed by atoms with E-state index in [9.17, 15) is 4.79 Å². The molecule has 0 bridgehead atoms. The molecule has 0 aliphatic carbocycles. The Morgan fingerprint density at radius 2 is 2.29 bits per heavy atom. The molecule has 1 heterocycles. The van der Waals surface area contributed by atoms with Crippen molar-refractivity contribution in [3.8, 4) is 5.75 Å². The number of methoxy groups -OCH3 is 1. The number of hydrogen-bond acceptors (Lipinski definition) is 4. The zero-order valence-electron chi connectivity index (χ0n) is 12.3. The second-order valence-electron chi connectivity index (χ2n) is 4.89. The van der Waals surface area contributed by atoms with E-state index < -0.39 is 0 Å². The third-order valence-electron chi connectivity index (χ3n) is 3.28. The van der Waals surface area contributed by atoms with Crippen molar-refractivity contribution >= 4 is 18.3 Å². The summed E-state index contributed by atoms with van der Waals surface area (Å²) in [7, 11) is 1.63. The molecule has 6 heteroatoms. The maximum absolute atomic E-state index is 12.2. The summed E-state index contributed by atoms with van der Waals surface area (Å²) in [4.78, 5) is 12.2. The second-order valence-corrected chi connectivity index (χ2v) is 4.89. The van der Waals surface area contributed by atoms with E-state index in [0.717, 1.165) is 25.9 Å². The van der Waals surface area contributed by atoms with Gasteiger partial charge in [-0.3, -0.25) is 4.79 Å². The minimum atomic E-state index is -0.0455. The molecule has 1 aliphatic heterocycles. The Hall–Kier alpha value is -1.30. The van der Waals surface area contributed by atoms with Crippen molar-refractivity contribution in [2.45, 2.75) is 18.9 Å². The first-order chi connectivity index (χ1) is 9.79. The predicted molar refractivity (Wildman–Crippen MR) is 84.4 cm³/mol. The molecule has 118 valence electrons. The fraction of sp³-hybridized carbons (Fsp3) is 0.533. The summed E-state index contributed by atoms with van der Waals surface area (Å²) in [6.07, 6.45) is 2.13. The third-order valence-corrected chi connectivity index (χ3v) is 3.28. The van der Waals surface area contributed by atoms with Crippen LogP contribution in [-0.2, 0) is 4.74 Å². The van der Waals surface area contributed by atoms with Gasteiger partial charge < -0.3 is 20.1 Å². The Morgan fingerprint density at radius 1 is 1.43 bits per heavy atom. The van der Waals surface area contributed by atoms with Crippen molar-refractivity contribution in [3.63, 3.8) is 0 Å². The van der Waals surface area contributed by atoms with Crippen LogP contribution in [0.2, 0.25) is 0 Å². The Kier molecular flexibility index (Phi) is 8.12. The smallest absolute Gasteiger partial charge is 0.251 e. The molecule has 0 spiro atoms. The highest BCUT2D eigenvalue weighted by Crippen LogP contribution is 2.14. The van der Waals surface area contributed by atoms with Crippen LogP contribution < -0.4 is 15.4 Å². The average molecular weight is 315 g/mol. The number of piperidine rings is 1. The topological polar surface area (TPSA) is 59.6 Å². The maximum atomic E-state index is 12.2. The molecule has 0 aromatic heterocycles. The van der Waals surface area contributed by atoms with Crippen molar-refractivity contribution in [3.05, 3.63) is 29.8 Å². The molecule has 2 rings (SSSR count). The Morgan fingerprint density at radius 3 is 3.00 bits per heavy atom. The number of carbonyl (C=O) groups is 1. The molecular weight excluding hydrogens is 292 g/mol. The number of nitrogens with one attached hydrogen (secondary N) is 2. The summed E-state index contributed by atoms with van der Waals surface area (Å²) in [5.74, 6) is 0.646. The summed E-state index contributed by atoms with van der Waals surface area (Å²) in [6, 6.07) is 7.45. The van der Waals surface area contributed by atoms with E-state index in [4.69, 9.17) is 9.47 Å². The van der Waals surface area contributed by atoms with Gasteiger partial charge in [0, 0.05) is 25.3 Å². The number of amides is 1. The van der Waals surface area contributed by atoms with Crippen molar-refractivity contribution < 1.29 is 14.3 Å². The highest BCUT2D eigenvalue weighted by Gasteiger charge is 2.16. The largest absolute Gasteiger partial charge is 0.491 e. The monoisotopic (exact) mass is 314 g/mol. The molecule has 5 nitrogen and oxygen atoms in total. The van der Waals surface area contributed by atoms with E-state index in [-0.39, 0.29) is 24.4 Å². The van der Waals surface area contributed by atoms with Crippen LogP contribution in [0.3, 0.4) is 0 Å². The molecule has 0 saturated carbocycles. The zero-order chi connectivity index (χ0) is 14.2. The van der Waals surface area contributed by atoms with Gasteiger partial charge >= 0.3 is 0 Å². The molecule has 1 aromatic rings. The predicted octanol–water partition coefficient (Wildman–Crippen LogP) is 1.62. The first-order valence-electron chi connectivity index (χ1n) is 7.03. The van der Waals surface area contributed by atoms with Crippen LogP contribution in [0.1, 0.15) is 23.2 Å². The van der Waals surface area contributed by atoms with Crippen molar-refractivity contribution in [1.82, 2.24) is 10.6 Å². The average Bonchev–Trinajstić information content (AvgIpc) is 2.49. The van der Waals surface area contributed by atoms with E-state index in [1.165, 1.54) is 0 Å². The van der Waals surface area contributed by atoms with Gasteiger partial charge in [0.25, 0.3) is 5.91 Å². The molecule has 0 unspecified atom stereocenters. The molecule has 2 N–H and O–H groups in total. The van der Waals surface area contributed by atoms with Crippen LogP contribution in [-0.4, -0.2) is 45.4 Å². The van der Waals surface area contributed by atoms with Crippen LogP contribution in [0.4, 0.5) is 0 Å². The molecule has 1 atom stereocenters. The Balaban J connectivity index is 0.00000220. The van der Waals surface area contributed by atoms with Crippen LogP contribution in [0, 0.1) is 0 Å². The second kappa shape index (κ2) is 9.60. The van der Waals surface area contributed by atoms with Gasteiger partial charge in [0.1, 0.15) is 12.4 Å². The molecule has 1 aromatic carbocycles. The lowest BCUT2D eigenvalue weighted by Crippen LogP contribution is -2.45. The molecule has 1 amide bonds. The lowest BCUT2D eigenvalue weighted by atomic mass is 10.1. The summed E-state index contributed by atoms with van der Waals surface area (Å²) >= 11 is 0. The van der Waals surface area contributed by atoms with Gasteiger partial charge in [-0.1, -0.05) is 6.07 Å². The van der Waals surface area contributed by atoms with Gasteiger partial charge in [-0.05, 0) is 37.6 Å². The number of halogens is 1. The number of rotatable bonds is 6. The lowest BCUT2D eigenvalue weighted by molar-refractivity contribution is 0.0930. The normalized spacial score (nSPS) is 17.7. The number of carbonyl (C=O) groups excluding carboxylic acids is 1. The van der Waals surface area contributed by atoms with Crippen LogP contribution >= 0.6 is 12.4 Å². The van der Waals surface area contributed by atoms with Crippen LogP contribution in [0.25, 0.3) is 0 Å². The fourth-order valence-corrected chi connectivity index (χ4v) is 2.21. The molecule has 1 saturated heterocycles. The third kappa shape index (κ3) is 5.91. The quantitative estimate of drug-likeness (QED) is 0.783. The highest BCUT2D eigenvalue weighted by atomic mass is 35.5. The molecule has 21 heavy (non-hydrogen) atoms. The SMILES string of the molecule is COCCOc1cccc(C(=O)N[C@H]2CCCNC2)c1.Cl. The van der Waals surface area contributed by atoms with Crippen molar-refractivity contribution in [2.75, 3.05) is 33.4 Å². The van der Waals surface area contributed by atoms with Gasteiger partial charge in [-0.2, -0.15) is 0 Å². The van der Waals surface area contributed by atoms with Crippen LogP contribution in [0.15, 0.2) is 24.3 Å². The Labute approximate surface area is 131 Å². The van der Waals surface area contributed by atoms with Gasteiger partial charge in [-0.25, -0.2) is 0 Å². The first-order valence-corrected chi connectivity index (χ1v) is 7.03. The van der Waals surface area contributed by atoms with Gasteiger partial charge in [0.05, 0.1) is 6.61 Å². The summed E-state index contributed by atoms with van der Waals surface area (Å²) in [5.41, 5.74) is 0.630.